The summed E-state index contributed by atoms with van der Waals surface area (Å²) in [5, 5.41) is 7.59. The lowest BCUT2D eigenvalue weighted by Crippen LogP contribution is -2.30. The highest BCUT2D eigenvalue weighted by atomic mass is 79.9. The number of likely N-dealkylation sites (N-methyl/N-ethyl adjacent to an activating group) is 1. The molecule has 0 atom stereocenters. The van der Waals surface area contributed by atoms with Crippen molar-refractivity contribution in [3.63, 3.8) is 0 Å². The second kappa shape index (κ2) is 7.23. The number of thiophene rings is 1. The summed E-state index contributed by atoms with van der Waals surface area (Å²) in [5.74, 6) is -0.0165. The van der Waals surface area contributed by atoms with Gasteiger partial charge in [0.05, 0.1) is 9.35 Å². The van der Waals surface area contributed by atoms with Crippen molar-refractivity contribution in [3.05, 3.63) is 20.8 Å². The van der Waals surface area contributed by atoms with Crippen molar-refractivity contribution in [1.82, 2.24) is 10.6 Å². The van der Waals surface area contributed by atoms with E-state index < -0.39 is 0 Å². The Balaban J connectivity index is 0.00000169. The highest BCUT2D eigenvalue weighted by Gasteiger charge is 2.05. The summed E-state index contributed by atoms with van der Waals surface area (Å²) in [6.07, 6.45) is 0. The van der Waals surface area contributed by atoms with Gasteiger partial charge in [0, 0.05) is 18.5 Å². The van der Waals surface area contributed by atoms with Crippen molar-refractivity contribution < 1.29 is 4.79 Å². The highest BCUT2D eigenvalue weighted by Crippen LogP contribution is 2.20. The molecule has 0 aliphatic rings. The quantitative estimate of drug-likeness (QED) is 0.834. The van der Waals surface area contributed by atoms with Crippen molar-refractivity contribution in [1.29, 1.82) is 0 Å². The van der Waals surface area contributed by atoms with Crippen LogP contribution >= 0.6 is 39.7 Å². The van der Waals surface area contributed by atoms with Gasteiger partial charge in [-0.3, -0.25) is 4.79 Å². The molecule has 0 unspecified atom stereocenters. The van der Waals surface area contributed by atoms with Crippen molar-refractivity contribution >= 4 is 45.6 Å². The molecule has 0 saturated carbocycles. The number of amides is 1. The van der Waals surface area contributed by atoms with Crippen LogP contribution in [0, 0.1) is 0 Å². The van der Waals surface area contributed by atoms with Gasteiger partial charge >= 0.3 is 0 Å². The molecule has 1 rings (SSSR count). The lowest BCUT2D eigenvalue weighted by Gasteiger charge is -2.01. The molecule has 0 aliphatic carbocycles. The second-order valence-corrected chi connectivity index (χ2v) is 4.79. The maximum absolute atomic E-state index is 11.4. The summed E-state index contributed by atoms with van der Waals surface area (Å²) in [5.41, 5.74) is 0.716. The summed E-state index contributed by atoms with van der Waals surface area (Å²) in [7, 11) is 1.85. The zero-order valence-corrected chi connectivity index (χ0v) is 10.9. The molecule has 1 aromatic heterocycles. The Morgan fingerprint density at radius 2 is 2.29 bits per heavy atom. The monoisotopic (exact) mass is 298 g/mol. The fourth-order valence-electron chi connectivity index (χ4n) is 0.832. The Bertz CT molecular complexity index is 293. The van der Waals surface area contributed by atoms with Gasteiger partial charge in [-0.1, -0.05) is 0 Å². The van der Waals surface area contributed by atoms with Crippen LogP contribution in [-0.4, -0.2) is 26.0 Å². The van der Waals surface area contributed by atoms with Gasteiger partial charge < -0.3 is 10.6 Å². The van der Waals surface area contributed by atoms with Gasteiger partial charge in [-0.15, -0.1) is 23.7 Å². The summed E-state index contributed by atoms with van der Waals surface area (Å²) in [6.45, 7) is 1.44. The first-order valence-corrected chi connectivity index (χ1v) is 5.58. The van der Waals surface area contributed by atoms with E-state index in [1.807, 2.05) is 18.5 Å². The Hall–Kier alpha value is -0.100. The van der Waals surface area contributed by atoms with Crippen molar-refractivity contribution in [2.75, 3.05) is 20.1 Å². The standard InChI is InChI=1S/C8H11BrN2OS.ClH/c1-10-2-3-11-8(12)6-4-7(9)13-5-6;/h4-5,10H,2-3H2,1H3,(H,11,12);1H. The molecular weight excluding hydrogens is 288 g/mol. The molecule has 14 heavy (non-hydrogen) atoms. The van der Waals surface area contributed by atoms with Crippen molar-refractivity contribution in [2.45, 2.75) is 0 Å². The van der Waals surface area contributed by atoms with Gasteiger partial charge in [0.2, 0.25) is 0 Å². The Labute approximate surface area is 102 Å². The Morgan fingerprint density at radius 3 is 2.79 bits per heavy atom. The third kappa shape index (κ3) is 4.41. The second-order valence-electron chi connectivity index (χ2n) is 2.50. The first-order valence-electron chi connectivity index (χ1n) is 3.91. The molecule has 0 fully saturated rings. The van der Waals surface area contributed by atoms with E-state index in [-0.39, 0.29) is 18.3 Å². The van der Waals surface area contributed by atoms with Crippen LogP contribution in [0.25, 0.3) is 0 Å². The average Bonchev–Trinajstić information content (AvgIpc) is 2.52. The molecule has 2 N–H and O–H groups in total. The summed E-state index contributed by atoms with van der Waals surface area (Å²) in [4.78, 5) is 11.4. The van der Waals surface area contributed by atoms with E-state index in [0.29, 0.717) is 12.1 Å². The van der Waals surface area contributed by atoms with E-state index in [1.54, 1.807) is 0 Å². The van der Waals surface area contributed by atoms with Crippen LogP contribution in [0.1, 0.15) is 10.4 Å². The molecule has 6 heteroatoms. The zero-order valence-electron chi connectivity index (χ0n) is 7.67. The van der Waals surface area contributed by atoms with Crippen LogP contribution in [0.5, 0.6) is 0 Å². The minimum absolute atomic E-state index is 0. The molecule has 0 spiro atoms. The number of hydrogen-bond donors (Lipinski definition) is 2. The highest BCUT2D eigenvalue weighted by molar-refractivity contribution is 9.11. The van der Waals surface area contributed by atoms with Gasteiger partial charge in [-0.2, -0.15) is 0 Å². The Kier molecular flexibility index (Phi) is 7.17. The first-order chi connectivity index (χ1) is 6.24. The maximum atomic E-state index is 11.4. The summed E-state index contributed by atoms with van der Waals surface area (Å²) >= 11 is 4.82. The van der Waals surface area contributed by atoms with Gasteiger partial charge in [0.1, 0.15) is 0 Å². The molecule has 80 valence electrons. The lowest BCUT2D eigenvalue weighted by molar-refractivity contribution is 0.0954. The predicted molar refractivity (Wildman–Crippen MR) is 65.5 cm³/mol. The zero-order chi connectivity index (χ0) is 9.68. The predicted octanol–water partition coefficient (Wildman–Crippen LogP) is 1.88. The SMILES string of the molecule is CNCCNC(=O)c1csc(Br)c1.Cl. The van der Waals surface area contributed by atoms with Crippen LogP contribution in [0.4, 0.5) is 0 Å². The average molecular weight is 300 g/mol. The molecule has 0 radical (unpaired) electrons. The van der Waals surface area contributed by atoms with Crippen LogP contribution < -0.4 is 10.6 Å². The van der Waals surface area contributed by atoms with Crippen LogP contribution in [0.3, 0.4) is 0 Å². The van der Waals surface area contributed by atoms with Gasteiger partial charge in [0.15, 0.2) is 0 Å². The topological polar surface area (TPSA) is 41.1 Å². The first kappa shape index (κ1) is 13.9. The number of rotatable bonds is 4. The van der Waals surface area contributed by atoms with Crippen molar-refractivity contribution in [2.24, 2.45) is 0 Å². The molecule has 3 nitrogen and oxygen atoms in total. The number of nitrogens with one attached hydrogen (secondary N) is 2. The van der Waals surface area contributed by atoms with E-state index in [0.717, 1.165) is 10.3 Å². The largest absolute Gasteiger partial charge is 0.351 e. The van der Waals surface area contributed by atoms with Crippen molar-refractivity contribution in [3.8, 4) is 0 Å². The van der Waals surface area contributed by atoms with E-state index in [9.17, 15) is 4.79 Å². The number of hydrogen-bond acceptors (Lipinski definition) is 3. The third-order valence-electron chi connectivity index (χ3n) is 1.49. The molecule has 1 amide bonds. The number of carbonyl (C=O) groups is 1. The van der Waals surface area contributed by atoms with Gasteiger partial charge in [-0.25, -0.2) is 0 Å². The van der Waals surface area contributed by atoms with Crippen LogP contribution in [0.15, 0.2) is 15.2 Å². The molecular formula is C8H12BrClN2OS. The minimum atomic E-state index is -0.0165. The van der Waals surface area contributed by atoms with Crippen LogP contribution in [-0.2, 0) is 0 Å². The van der Waals surface area contributed by atoms with Gasteiger partial charge in [0.25, 0.3) is 5.91 Å². The van der Waals surface area contributed by atoms with E-state index >= 15 is 0 Å². The number of halogens is 2. The lowest BCUT2D eigenvalue weighted by atomic mass is 10.3. The summed E-state index contributed by atoms with van der Waals surface area (Å²) < 4.78 is 0.978. The van der Waals surface area contributed by atoms with Crippen LogP contribution in [0.2, 0.25) is 0 Å². The van der Waals surface area contributed by atoms with E-state index in [4.69, 9.17) is 0 Å². The molecule has 1 heterocycles. The molecule has 0 aliphatic heterocycles. The summed E-state index contributed by atoms with van der Waals surface area (Å²) in [6, 6.07) is 1.82. The third-order valence-corrected chi connectivity index (χ3v) is 2.99. The minimum Gasteiger partial charge on any atom is -0.351 e. The molecule has 1 aromatic rings. The smallest absolute Gasteiger partial charge is 0.252 e. The van der Waals surface area contributed by atoms with E-state index in [1.165, 1.54) is 11.3 Å². The fourth-order valence-corrected chi connectivity index (χ4v) is 1.97. The number of carbonyl (C=O) groups excluding carboxylic acids is 1. The molecule has 0 bridgehead atoms. The normalized spacial score (nSPS) is 9.29. The van der Waals surface area contributed by atoms with Gasteiger partial charge in [-0.05, 0) is 29.0 Å². The molecule has 0 saturated heterocycles. The Morgan fingerprint density at radius 1 is 1.57 bits per heavy atom. The maximum Gasteiger partial charge on any atom is 0.252 e. The fraction of sp³-hybridized carbons (Fsp3) is 0.375. The van der Waals surface area contributed by atoms with E-state index in [2.05, 4.69) is 26.6 Å². The molecule has 0 aromatic carbocycles.